The van der Waals surface area contributed by atoms with Gasteiger partial charge in [0.25, 0.3) is 15.9 Å². The average molecular weight is 706 g/mol. The number of benzene rings is 2. The summed E-state index contributed by atoms with van der Waals surface area (Å²) in [4.78, 5) is 6.84. The molecule has 2 aromatic heterocycles. The van der Waals surface area contributed by atoms with E-state index < -0.39 is 63.1 Å². The highest BCUT2D eigenvalue weighted by molar-refractivity contribution is 7.92. The summed E-state index contributed by atoms with van der Waals surface area (Å²) < 4.78 is 114. The highest BCUT2D eigenvalue weighted by Crippen LogP contribution is 2.44. The molecule has 1 saturated heterocycles. The molecule has 3 atom stereocenters. The number of rotatable bonds is 11. The monoisotopic (exact) mass is 705 g/mol. The molecule has 3 heterocycles. The minimum absolute atomic E-state index is 0.00810. The van der Waals surface area contributed by atoms with Crippen molar-refractivity contribution >= 4 is 15.8 Å². The minimum Gasteiger partial charge on any atom is -0.497 e. The van der Waals surface area contributed by atoms with Crippen LogP contribution in [-0.4, -0.2) is 61.0 Å². The lowest BCUT2D eigenvalue weighted by molar-refractivity contribution is -0.0780. The molecule has 262 valence electrons. The van der Waals surface area contributed by atoms with Gasteiger partial charge in [-0.15, -0.1) is 0 Å². The smallest absolute Gasteiger partial charge is 0.268 e. The van der Waals surface area contributed by atoms with Crippen molar-refractivity contribution in [2.24, 2.45) is 0 Å². The zero-order valence-corrected chi connectivity index (χ0v) is 27.6. The Kier molecular flexibility index (Phi) is 9.97. The number of hydrogen-bond donors (Lipinski definition) is 0. The van der Waals surface area contributed by atoms with Gasteiger partial charge in [-0.25, -0.2) is 44.9 Å². The second kappa shape index (κ2) is 14.2. The highest BCUT2D eigenvalue weighted by atomic mass is 32.2. The van der Waals surface area contributed by atoms with Crippen LogP contribution in [0.3, 0.4) is 0 Å². The molecule has 0 bridgehead atoms. The SMILES string of the molecule is COc1ccc(CN(c2ccncn2)S(=O)(=O)c2cc(F)c(O[C@H]3CC(F)(F)CC[C@@H]3c3cnn(C4CCCCO4)c3)cc2F)c(OC)c1. The summed E-state index contributed by atoms with van der Waals surface area (Å²) in [5, 5.41) is 4.37. The lowest BCUT2D eigenvalue weighted by Gasteiger charge is -2.36. The molecule has 2 fully saturated rings. The van der Waals surface area contributed by atoms with E-state index in [0.717, 1.165) is 29.9 Å². The van der Waals surface area contributed by atoms with Gasteiger partial charge in [-0.2, -0.15) is 5.10 Å². The van der Waals surface area contributed by atoms with Crippen molar-refractivity contribution in [2.45, 2.75) is 74.1 Å². The van der Waals surface area contributed by atoms with Crippen molar-refractivity contribution in [1.29, 1.82) is 0 Å². The van der Waals surface area contributed by atoms with Gasteiger partial charge in [-0.3, -0.25) is 0 Å². The van der Waals surface area contributed by atoms with Crippen LogP contribution in [0.25, 0.3) is 0 Å². The molecule has 0 amide bonds. The van der Waals surface area contributed by atoms with E-state index in [0.29, 0.717) is 35.6 Å². The van der Waals surface area contributed by atoms with E-state index in [-0.39, 0.29) is 30.8 Å². The maximum absolute atomic E-state index is 15.8. The second-order valence-corrected chi connectivity index (χ2v) is 13.7. The summed E-state index contributed by atoms with van der Waals surface area (Å²) in [5.74, 6) is -6.41. The quantitative estimate of drug-likeness (QED) is 0.163. The van der Waals surface area contributed by atoms with E-state index in [9.17, 15) is 17.2 Å². The largest absolute Gasteiger partial charge is 0.497 e. The van der Waals surface area contributed by atoms with Crippen molar-refractivity contribution in [3.05, 3.63) is 84.1 Å². The Morgan fingerprint density at radius 2 is 1.88 bits per heavy atom. The molecular weight excluding hydrogens is 670 g/mol. The van der Waals surface area contributed by atoms with Crippen molar-refractivity contribution in [2.75, 3.05) is 25.1 Å². The first-order chi connectivity index (χ1) is 23.5. The third-order valence-corrected chi connectivity index (χ3v) is 10.5. The second-order valence-electron chi connectivity index (χ2n) is 11.9. The van der Waals surface area contributed by atoms with E-state index in [4.69, 9.17) is 18.9 Å². The number of anilines is 1. The fourth-order valence-electron chi connectivity index (χ4n) is 6.17. The predicted molar refractivity (Wildman–Crippen MR) is 168 cm³/mol. The van der Waals surface area contributed by atoms with Gasteiger partial charge in [-0.1, -0.05) is 0 Å². The van der Waals surface area contributed by atoms with Gasteiger partial charge >= 0.3 is 0 Å². The Morgan fingerprint density at radius 1 is 1.04 bits per heavy atom. The van der Waals surface area contributed by atoms with E-state index in [1.54, 1.807) is 35.3 Å². The lowest BCUT2D eigenvalue weighted by Crippen LogP contribution is -2.38. The summed E-state index contributed by atoms with van der Waals surface area (Å²) in [6.07, 6.45) is 5.63. The fraction of sp³-hybridized carbons (Fsp3) is 0.424. The van der Waals surface area contributed by atoms with Crippen molar-refractivity contribution in [1.82, 2.24) is 19.7 Å². The molecule has 6 rings (SSSR count). The van der Waals surface area contributed by atoms with E-state index in [2.05, 4.69) is 15.1 Å². The van der Waals surface area contributed by atoms with Crippen LogP contribution >= 0.6 is 0 Å². The first kappa shape index (κ1) is 34.4. The topological polar surface area (TPSA) is 118 Å². The van der Waals surface area contributed by atoms with Crippen molar-refractivity contribution < 1.29 is 44.9 Å². The Hall–Kier alpha value is -4.44. The summed E-state index contributed by atoms with van der Waals surface area (Å²) in [6, 6.07) is 7.04. The molecule has 16 heteroatoms. The molecule has 49 heavy (non-hydrogen) atoms. The fourth-order valence-corrected chi connectivity index (χ4v) is 7.63. The summed E-state index contributed by atoms with van der Waals surface area (Å²) in [7, 11) is -1.99. The van der Waals surface area contributed by atoms with Crippen LogP contribution in [0.1, 0.15) is 61.8 Å². The van der Waals surface area contributed by atoms with Gasteiger partial charge in [0.1, 0.15) is 46.7 Å². The zero-order chi connectivity index (χ0) is 34.8. The number of halogens is 4. The number of sulfonamides is 1. The van der Waals surface area contributed by atoms with Crippen LogP contribution in [0.5, 0.6) is 17.2 Å². The number of alkyl halides is 2. The molecule has 1 aliphatic heterocycles. The van der Waals surface area contributed by atoms with Crippen LogP contribution in [0.15, 0.2) is 66.2 Å². The maximum Gasteiger partial charge on any atom is 0.268 e. The predicted octanol–water partition coefficient (Wildman–Crippen LogP) is 6.41. The number of hydrogen-bond acceptors (Lipinski definition) is 9. The normalized spacial score (nSPS) is 20.8. The Morgan fingerprint density at radius 3 is 2.59 bits per heavy atom. The maximum atomic E-state index is 15.8. The molecule has 2 aromatic carbocycles. The van der Waals surface area contributed by atoms with Gasteiger partial charge in [0.15, 0.2) is 11.6 Å². The molecule has 0 radical (unpaired) electrons. The summed E-state index contributed by atoms with van der Waals surface area (Å²) in [5.41, 5.74) is 0.971. The Balaban J connectivity index is 1.30. The van der Waals surface area contributed by atoms with Gasteiger partial charge in [0.2, 0.25) is 0 Å². The molecule has 1 saturated carbocycles. The van der Waals surface area contributed by atoms with Gasteiger partial charge < -0.3 is 18.9 Å². The summed E-state index contributed by atoms with van der Waals surface area (Å²) in [6.45, 7) is 0.203. The van der Waals surface area contributed by atoms with Gasteiger partial charge in [-0.05, 0) is 43.4 Å². The third-order valence-electron chi connectivity index (χ3n) is 8.73. The molecular formula is C33H35F4N5O6S. The Labute approximate surface area is 280 Å². The molecule has 1 aliphatic carbocycles. The highest BCUT2D eigenvalue weighted by Gasteiger charge is 2.44. The first-order valence-electron chi connectivity index (χ1n) is 15.7. The average Bonchev–Trinajstić information content (AvgIpc) is 3.59. The van der Waals surface area contributed by atoms with Crippen LogP contribution in [-0.2, 0) is 21.3 Å². The van der Waals surface area contributed by atoms with E-state index >= 15 is 8.78 Å². The van der Waals surface area contributed by atoms with Crippen LogP contribution < -0.4 is 18.5 Å². The number of aromatic nitrogens is 4. The minimum atomic E-state index is -4.83. The molecule has 2 aliphatic rings. The third kappa shape index (κ3) is 7.44. The lowest BCUT2D eigenvalue weighted by atomic mass is 9.81. The number of nitrogens with zero attached hydrogens (tertiary/aromatic N) is 5. The number of methoxy groups -OCH3 is 2. The van der Waals surface area contributed by atoms with Crippen molar-refractivity contribution in [3.8, 4) is 17.2 Å². The molecule has 0 N–H and O–H groups in total. The van der Waals surface area contributed by atoms with Gasteiger partial charge in [0.05, 0.1) is 27.0 Å². The number of ether oxygens (including phenoxy) is 4. The van der Waals surface area contributed by atoms with Crippen LogP contribution in [0, 0.1) is 11.6 Å². The van der Waals surface area contributed by atoms with Crippen LogP contribution in [0.2, 0.25) is 0 Å². The first-order valence-corrected chi connectivity index (χ1v) is 17.1. The van der Waals surface area contributed by atoms with Crippen molar-refractivity contribution in [3.63, 3.8) is 0 Å². The molecule has 0 spiro atoms. The summed E-state index contributed by atoms with van der Waals surface area (Å²) >= 11 is 0. The standard InChI is InChI=1S/C33H35F4N5O6S/c1-45-23-7-6-21(27(13-23)46-2)19-42(31-9-11-38-20-39-31)49(43,44)30-15-25(34)28(14-26(30)35)48-29-16-33(36,37)10-8-24(29)22-17-40-41(18-22)32-5-3-4-12-47-32/h6-7,9,11,13-15,17-18,20,24,29,32H,3-5,8,10,12,16,19H2,1-2H3/t24-,29+,32?/m1/s1. The molecule has 1 unspecified atom stereocenters. The zero-order valence-electron chi connectivity index (χ0n) is 26.8. The van der Waals surface area contributed by atoms with E-state index in [1.165, 1.54) is 26.5 Å². The molecule has 11 nitrogen and oxygen atoms in total. The van der Waals surface area contributed by atoms with E-state index in [1.807, 2.05) is 0 Å². The van der Waals surface area contributed by atoms with Gasteiger partial charge in [0, 0.05) is 67.6 Å². The van der Waals surface area contributed by atoms with Crippen LogP contribution in [0.4, 0.5) is 23.4 Å². The molecule has 4 aromatic rings. The Bertz CT molecular complexity index is 1870.